The van der Waals surface area contributed by atoms with Crippen molar-refractivity contribution in [1.82, 2.24) is 10.2 Å². The number of benzene rings is 1. The van der Waals surface area contributed by atoms with E-state index in [0.29, 0.717) is 6.10 Å². The fraction of sp³-hybridized carbons (Fsp3) is 0.647. The number of nitrogens with zero attached hydrogens (tertiary/aromatic N) is 1. The first-order valence-electron chi connectivity index (χ1n) is 8.12. The number of para-hydroxylation sites is 1. The molecule has 0 amide bonds. The topological polar surface area (TPSA) is 24.5 Å². The molecule has 2 fully saturated rings. The van der Waals surface area contributed by atoms with Crippen LogP contribution in [0.15, 0.2) is 24.3 Å². The van der Waals surface area contributed by atoms with E-state index in [1.807, 2.05) is 0 Å². The van der Waals surface area contributed by atoms with Crippen molar-refractivity contribution in [1.29, 1.82) is 0 Å². The summed E-state index contributed by atoms with van der Waals surface area (Å²) in [6, 6.07) is 9.96. The molecule has 0 saturated carbocycles. The molecule has 4 rings (SSSR count). The van der Waals surface area contributed by atoms with E-state index in [0.717, 1.165) is 30.8 Å². The summed E-state index contributed by atoms with van der Waals surface area (Å²) >= 11 is 0. The molecule has 3 aliphatic heterocycles. The lowest BCUT2D eigenvalue weighted by Crippen LogP contribution is -2.47. The molecule has 0 bridgehead atoms. The molecular formula is C17H24N2O. The van der Waals surface area contributed by atoms with Gasteiger partial charge in [0, 0.05) is 25.0 Å². The zero-order valence-corrected chi connectivity index (χ0v) is 12.1. The smallest absolute Gasteiger partial charge is 0.123 e. The number of nitrogens with one attached hydrogen (secondary N) is 1. The van der Waals surface area contributed by atoms with E-state index < -0.39 is 0 Å². The highest BCUT2D eigenvalue weighted by Gasteiger charge is 2.35. The minimum atomic E-state index is 0.356. The van der Waals surface area contributed by atoms with Crippen LogP contribution in [0.3, 0.4) is 0 Å². The number of hydrogen-bond acceptors (Lipinski definition) is 3. The van der Waals surface area contributed by atoms with Gasteiger partial charge in [0.1, 0.15) is 11.9 Å². The van der Waals surface area contributed by atoms with Gasteiger partial charge in [0.2, 0.25) is 0 Å². The van der Waals surface area contributed by atoms with Crippen LogP contribution in [-0.2, 0) is 6.42 Å². The molecule has 0 aliphatic carbocycles. The average Bonchev–Trinajstić information content (AvgIpc) is 3.18. The maximum atomic E-state index is 6.12. The largest absolute Gasteiger partial charge is 0.488 e. The molecule has 3 heterocycles. The Morgan fingerprint density at radius 3 is 3.00 bits per heavy atom. The molecule has 0 aromatic heterocycles. The summed E-state index contributed by atoms with van der Waals surface area (Å²) in [5.74, 6) is 1.10. The molecule has 1 N–H and O–H groups in total. The third-order valence-corrected chi connectivity index (χ3v) is 5.13. The van der Waals surface area contributed by atoms with Crippen LogP contribution < -0.4 is 10.1 Å². The van der Waals surface area contributed by atoms with Crippen LogP contribution in [-0.4, -0.2) is 42.7 Å². The fourth-order valence-corrected chi connectivity index (χ4v) is 4.19. The summed E-state index contributed by atoms with van der Waals surface area (Å²) in [6.45, 7) is 3.55. The summed E-state index contributed by atoms with van der Waals surface area (Å²) < 4.78 is 6.12. The number of ether oxygens (including phenoxy) is 1. The fourth-order valence-electron chi connectivity index (χ4n) is 4.19. The number of rotatable bonds is 3. The second-order valence-electron chi connectivity index (χ2n) is 6.46. The van der Waals surface area contributed by atoms with Crippen molar-refractivity contribution < 1.29 is 4.74 Å². The molecule has 1 aromatic carbocycles. The average molecular weight is 272 g/mol. The van der Waals surface area contributed by atoms with Crippen molar-refractivity contribution in [2.45, 2.75) is 50.3 Å². The number of likely N-dealkylation sites (tertiary alicyclic amines) is 1. The quantitative estimate of drug-likeness (QED) is 0.913. The van der Waals surface area contributed by atoms with E-state index in [4.69, 9.17) is 4.74 Å². The Hall–Kier alpha value is -1.06. The first-order chi connectivity index (χ1) is 9.90. The normalized spacial score (nSPS) is 33.3. The molecule has 3 heteroatoms. The Morgan fingerprint density at radius 2 is 2.15 bits per heavy atom. The Kier molecular flexibility index (Phi) is 3.41. The van der Waals surface area contributed by atoms with Gasteiger partial charge in [-0.25, -0.2) is 0 Å². The molecule has 0 spiro atoms. The molecule has 3 aliphatic rings. The minimum Gasteiger partial charge on any atom is -0.488 e. The Labute approximate surface area is 121 Å². The zero-order chi connectivity index (χ0) is 13.4. The third-order valence-electron chi connectivity index (χ3n) is 5.13. The lowest BCUT2D eigenvalue weighted by molar-refractivity contribution is 0.128. The van der Waals surface area contributed by atoms with Crippen molar-refractivity contribution in [3.8, 4) is 5.75 Å². The van der Waals surface area contributed by atoms with Crippen molar-refractivity contribution in [2.75, 3.05) is 19.6 Å². The van der Waals surface area contributed by atoms with Gasteiger partial charge < -0.3 is 10.1 Å². The lowest BCUT2D eigenvalue weighted by atomic mass is 10.0. The highest BCUT2D eigenvalue weighted by Crippen LogP contribution is 2.31. The molecule has 3 unspecified atom stereocenters. The maximum absolute atomic E-state index is 6.12. The van der Waals surface area contributed by atoms with Crippen molar-refractivity contribution in [2.24, 2.45) is 0 Å². The van der Waals surface area contributed by atoms with Crippen molar-refractivity contribution in [3.05, 3.63) is 29.8 Å². The van der Waals surface area contributed by atoms with E-state index in [-0.39, 0.29) is 0 Å². The SMILES string of the molecule is c1ccc2c(c1)CC(CN1CCCC1C1CCCN1)O2. The molecule has 0 radical (unpaired) electrons. The third kappa shape index (κ3) is 2.33. The van der Waals surface area contributed by atoms with Gasteiger partial charge in [0.25, 0.3) is 0 Å². The van der Waals surface area contributed by atoms with Crippen LogP contribution in [0.1, 0.15) is 31.2 Å². The summed E-state index contributed by atoms with van der Waals surface area (Å²) in [6.07, 6.45) is 6.85. The van der Waals surface area contributed by atoms with Crippen LogP contribution in [0.25, 0.3) is 0 Å². The molecular weight excluding hydrogens is 248 g/mol. The number of fused-ring (bicyclic) bond motifs is 1. The Balaban J connectivity index is 1.39. The van der Waals surface area contributed by atoms with Gasteiger partial charge in [-0.05, 0) is 50.4 Å². The van der Waals surface area contributed by atoms with E-state index in [1.54, 1.807) is 0 Å². The summed E-state index contributed by atoms with van der Waals surface area (Å²) in [7, 11) is 0. The van der Waals surface area contributed by atoms with Crippen LogP contribution >= 0.6 is 0 Å². The van der Waals surface area contributed by atoms with Gasteiger partial charge >= 0.3 is 0 Å². The van der Waals surface area contributed by atoms with Gasteiger partial charge in [-0.3, -0.25) is 4.90 Å². The van der Waals surface area contributed by atoms with E-state index in [9.17, 15) is 0 Å². The van der Waals surface area contributed by atoms with Gasteiger partial charge in [0.15, 0.2) is 0 Å². The van der Waals surface area contributed by atoms with Gasteiger partial charge in [0.05, 0.1) is 0 Å². The first-order valence-corrected chi connectivity index (χ1v) is 8.12. The highest BCUT2D eigenvalue weighted by molar-refractivity contribution is 5.37. The predicted octanol–water partition coefficient (Wildman–Crippen LogP) is 2.21. The molecule has 108 valence electrons. The summed E-state index contributed by atoms with van der Waals surface area (Å²) in [4.78, 5) is 2.68. The van der Waals surface area contributed by atoms with Gasteiger partial charge in [-0.1, -0.05) is 18.2 Å². The Morgan fingerprint density at radius 1 is 1.20 bits per heavy atom. The Bertz CT molecular complexity index is 445. The van der Waals surface area contributed by atoms with E-state index >= 15 is 0 Å². The molecule has 1 aromatic rings. The second-order valence-corrected chi connectivity index (χ2v) is 6.46. The standard InChI is InChI=1S/C17H24N2O/c1-2-8-17-13(5-1)11-14(20-17)12-19-10-4-7-16(19)15-6-3-9-18-15/h1-2,5,8,14-16,18H,3-4,6-7,9-12H2. The van der Waals surface area contributed by atoms with Crippen LogP contribution in [0.4, 0.5) is 0 Å². The minimum absolute atomic E-state index is 0.356. The zero-order valence-electron chi connectivity index (χ0n) is 12.1. The first kappa shape index (κ1) is 12.7. The molecule has 20 heavy (non-hydrogen) atoms. The maximum Gasteiger partial charge on any atom is 0.123 e. The highest BCUT2D eigenvalue weighted by atomic mass is 16.5. The van der Waals surface area contributed by atoms with E-state index in [1.165, 1.54) is 44.3 Å². The van der Waals surface area contributed by atoms with Crippen LogP contribution in [0.2, 0.25) is 0 Å². The lowest BCUT2D eigenvalue weighted by Gasteiger charge is -2.31. The number of hydrogen-bond donors (Lipinski definition) is 1. The summed E-state index contributed by atoms with van der Waals surface area (Å²) in [5.41, 5.74) is 1.38. The van der Waals surface area contributed by atoms with Crippen LogP contribution in [0, 0.1) is 0 Å². The van der Waals surface area contributed by atoms with Crippen LogP contribution in [0.5, 0.6) is 5.75 Å². The molecule has 3 nitrogen and oxygen atoms in total. The summed E-state index contributed by atoms with van der Waals surface area (Å²) in [5, 5.41) is 3.69. The predicted molar refractivity (Wildman–Crippen MR) is 80.2 cm³/mol. The van der Waals surface area contributed by atoms with Gasteiger partial charge in [-0.2, -0.15) is 0 Å². The van der Waals surface area contributed by atoms with Gasteiger partial charge in [-0.15, -0.1) is 0 Å². The molecule has 3 atom stereocenters. The second kappa shape index (κ2) is 5.38. The van der Waals surface area contributed by atoms with Crippen molar-refractivity contribution >= 4 is 0 Å². The monoisotopic (exact) mass is 272 g/mol. The van der Waals surface area contributed by atoms with E-state index in [2.05, 4.69) is 34.5 Å². The van der Waals surface area contributed by atoms with Crippen molar-refractivity contribution in [3.63, 3.8) is 0 Å². The molecule has 2 saturated heterocycles.